The summed E-state index contributed by atoms with van der Waals surface area (Å²) < 4.78 is 0. The molecular formula is C8H11N3O2S. The van der Waals surface area contributed by atoms with Crippen molar-refractivity contribution in [1.82, 2.24) is 9.88 Å². The van der Waals surface area contributed by atoms with Gasteiger partial charge in [-0.05, 0) is 0 Å². The van der Waals surface area contributed by atoms with Crippen LogP contribution >= 0.6 is 11.3 Å². The van der Waals surface area contributed by atoms with Crippen LogP contribution in [0.1, 0.15) is 17.4 Å². The van der Waals surface area contributed by atoms with Crippen LogP contribution in [0.4, 0.5) is 5.00 Å². The van der Waals surface area contributed by atoms with E-state index in [0.717, 1.165) is 0 Å². The van der Waals surface area contributed by atoms with E-state index in [2.05, 4.69) is 10.3 Å². The summed E-state index contributed by atoms with van der Waals surface area (Å²) in [6.07, 6.45) is 0. The molecule has 1 rings (SSSR count). The van der Waals surface area contributed by atoms with Crippen molar-refractivity contribution < 1.29 is 9.59 Å². The van der Waals surface area contributed by atoms with Gasteiger partial charge in [0.05, 0.1) is 5.51 Å². The van der Waals surface area contributed by atoms with Crippen LogP contribution in [-0.2, 0) is 4.79 Å². The third-order valence-corrected chi connectivity index (χ3v) is 2.21. The maximum absolute atomic E-state index is 11.5. The molecule has 0 aliphatic heterocycles. The molecule has 0 atom stereocenters. The summed E-state index contributed by atoms with van der Waals surface area (Å²) in [6, 6.07) is 0. The molecule has 0 radical (unpaired) electrons. The molecule has 0 spiro atoms. The lowest BCUT2D eigenvalue weighted by atomic mass is 10.4. The summed E-state index contributed by atoms with van der Waals surface area (Å²) in [5.74, 6) is -0.419. The topological polar surface area (TPSA) is 62.3 Å². The Hall–Kier alpha value is -1.43. The zero-order valence-corrected chi connectivity index (χ0v) is 9.01. The van der Waals surface area contributed by atoms with Gasteiger partial charge in [-0.25, -0.2) is 4.98 Å². The Kier molecular flexibility index (Phi) is 3.19. The maximum Gasteiger partial charge on any atom is 0.275 e. The van der Waals surface area contributed by atoms with Gasteiger partial charge in [-0.1, -0.05) is 0 Å². The first-order valence-corrected chi connectivity index (χ1v) is 4.83. The van der Waals surface area contributed by atoms with Gasteiger partial charge >= 0.3 is 0 Å². The second-order valence-corrected chi connectivity index (χ2v) is 3.77. The van der Waals surface area contributed by atoms with Crippen LogP contribution in [-0.4, -0.2) is 35.8 Å². The highest BCUT2D eigenvalue weighted by Gasteiger charge is 2.16. The first-order chi connectivity index (χ1) is 6.52. The highest BCUT2D eigenvalue weighted by atomic mass is 32.1. The smallest absolute Gasteiger partial charge is 0.275 e. The van der Waals surface area contributed by atoms with E-state index in [1.807, 2.05) is 0 Å². The Bertz CT molecular complexity index is 359. The van der Waals surface area contributed by atoms with Gasteiger partial charge in [-0.15, -0.1) is 11.3 Å². The van der Waals surface area contributed by atoms with Gasteiger partial charge in [0.1, 0.15) is 5.00 Å². The molecule has 0 saturated carbocycles. The minimum Gasteiger partial charge on any atom is -0.343 e. The number of nitrogens with one attached hydrogen (secondary N) is 1. The predicted molar refractivity (Wildman–Crippen MR) is 54.4 cm³/mol. The highest BCUT2D eigenvalue weighted by Crippen LogP contribution is 2.20. The average molecular weight is 213 g/mol. The SMILES string of the molecule is CC(=O)Nc1scnc1C(=O)N(C)C. The molecule has 0 aliphatic rings. The van der Waals surface area contributed by atoms with Crippen molar-refractivity contribution in [3.8, 4) is 0 Å². The van der Waals surface area contributed by atoms with Crippen LogP contribution in [0, 0.1) is 0 Å². The van der Waals surface area contributed by atoms with Crippen LogP contribution in [0.25, 0.3) is 0 Å². The van der Waals surface area contributed by atoms with E-state index in [4.69, 9.17) is 0 Å². The molecule has 14 heavy (non-hydrogen) atoms. The van der Waals surface area contributed by atoms with E-state index in [0.29, 0.717) is 5.00 Å². The van der Waals surface area contributed by atoms with Gasteiger partial charge < -0.3 is 10.2 Å². The van der Waals surface area contributed by atoms with Crippen molar-refractivity contribution in [2.24, 2.45) is 0 Å². The average Bonchev–Trinajstić information content (AvgIpc) is 2.49. The van der Waals surface area contributed by atoms with Gasteiger partial charge in [-0.3, -0.25) is 9.59 Å². The summed E-state index contributed by atoms with van der Waals surface area (Å²) in [5, 5.41) is 3.06. The van der Waals surface area contributed by atoms with E-state index < -0.39 is 0 Å². The van der Waals surface area contributed by atoms with E-state index in [9.17, 15) is 9.59 Å². The molecule has 0 saturated heterocycles. The number of amides is 2. The first kappa shape index (κ1) is 10.6. The third-order valence-electron chi connectivity index (χ3n) is 1.47. The quantitative estimate of drug-likeness (QED) is 0.790. The van der Waals surface area contributed by atoms with Crippen LogP contribution in [0.15, 0.2) is 5.51 Å². The summed E-state index contributed by atoms with van der Waals surface area (Å²) in [6.45, 7) is 1.39. The molecule has 1 aromatic heterocycles. The summed E-state index contributed by atoms with van der Waals surface area (Å²) in [7, 11) is 3.28. The molecule has 0 unspecified atom stereocenters. The maximum atomic E-state index is 11.5. The second kappa shape index (κ2) is 4.19. The standard InChI is InChI=1S/C8H11N3O2S/c1-5(12)10-7-6(9-4-14-7)8(13)11(2)3/h4H,1-3H3,(H,10,12). The van der Waals surface area contributed by atoms with Gasteiger partial charge in [0.25, 0.3) is 5.91 Å². The van der Waals surface area contributed by atoms with Gasteiger partial charge in [0.15, 0.2) is 5.69 Å². The number of hydrogen-bond acceptors (Lipinski definition) is 4. The Balaban J connectivity index is 2.92. The number of nitrogens with zero attached hydrogens (tertiary/aromatic N) is 2. The summed E-state index contributed by atoms with van der Waals surface area (Å²) in [5.41, 5.74) is 1.82. The molecule has 0 bridgehead atoms. The Morgan fingerprint density at radius 1 is 1.50 bits per heavy atom. The molecule has 0 aliphatic carbocycles. The molecular weight excluding hydrogens is 202 g/mol. The first-order valence-electron chi connectivity index (χ1n) is 3.95. The fourth-order valence-corrected chi connectivity index (χ4v) is 1.58. The number of hydrogen-bond donors (Lipinski definition) is 1. The Morgan fingerprint density at radius 2 is 2.14 bits per heavy atom. The number of carbonyl (C=O) groups is 2. The van der Waals surface area contributed by atoms with E-state index in [1.165, 1.54) is 28.7 Å². The zero-order valence-electron chi connectivity index (χ0n) is 8.20. The third kappa shape index (κ3) is 2.29. The molecule has 0 aromatic carbocycles. The lowest BCUT2D eigenvalue weighted by Crippen LogP contribution is -2.23. The zero-order chi connectivity index (χ0) is 10.7. The minimum atomic E-state index is -0.213. The number of aromatic nitrogens is 1. The van der Waals surface area contributed by atoms with Gasteiger partial charge in [0, 0.05) is 21.0 Å². The number of rotatable bonds is 2. The van der Waals surface area contributed by atoms with Crippen LogP contribution in [0.2, 0.25) is 0 Å². The van der Waals surface area contributed by atoms with Gasteiger partial charge in [0.2, 0.25) is 5.91 Å². The predicted octanol–water partition coefficient (Wildman–Crippen LogP) is 0.803. The highest BCUT2D eigenvalue weighted by molar-refractivity contribution is 7.14. The molecule has 76 valence electrons. The molecule has 6 heteroatoms. The van der Waals surface area contributed by atoms with Crippen molar-refractivity contribution in [1.29, 1.82) is 0 Å². The monoisotopic (exact) mass is 213 g/mol. The fourth-order valence-electron chi connectivity index (χ4n) is 0.859. The van der Waals surface area contributed by atoms with Crippen LogP contribution in [0.5, 0.6) is 0 Å². The van der Waals surface area contributed by atoms with E-state index >= 15 is 0 Å². The summed E-state index contributed by atoms with van der Waals surface area (Å²) >= 11 is 1.23. The van der Waals surface area contributed by atoms with Crippen LogP contribution in [0.3, 0.4) is 0 Å². The van der Waals surface area contributed by atoms with Crippen LogP contribution < -0.4 is 5.32 Å². The number of anilines is 1. The molecule has 1 heterocycles. The second-order valence-electron chi connectivity index (χ2n) is 2.91. The largest absolute Gasteiger partial charge is 0.343 e. The van der Waals surface area contributed by atoms with E-state index in [-0.39, 0.29) is 17.5 Å². The fraction of sp³-hybridized carbons (Fsp3) is 0.375. The van der Waals surface area contributed by atoms with Gasteiger partial charge in [-0.2, -0.15) is 0 Å². The summed E-state index contributed by atoms with van der Waals surface area (Å²) in [4.78, 5) is 27.6. The Morgan fingerprint density at radius 3 is 2.64 bits per heavy atom. The number of carbonyl (C=O) groups excluding carboxylic acids is 2. The van der Waals surface area contributed by atoms with Crippen molar-refractivity contribution in [2.75, 3.05) is 19.4 Å². The van der Waals surface area contributed by atoms with Crippen molar-refractivity contribution in [2.45, 2.75) is 6.92 Å². The normalized spacial score (nSPS) is 9.64. The Labute approximate surface area is 85.7 Å². The van der Waals surface area contributed by atoms with Crippen molar-refractivity contribution in [3.63, 3.8) is 0 Å². The lowest BCUT2D eigenvalue weighted by molar-refractivity contribution is -0.114. The van der Waals surface area contributed by atoms with Crippen molar-refractivity contribution in [3.05, 3.63) is 11.2 Å². The van der Waals surface area contributed by atoms with Crippen molar-refractivity contribution >= 4 is 28.2 Å². The lowest BCUT2D eigenvalue weighted by Gasteiger charge is -2.09. The molecule has 2 amide bonds. The van der Waals surface area contributed by atoms with E-state index in [1.54, 1.807) is 14.1 Å². The molecule has 5 nitrogen and oxygen atoms in total. The molecule has 0 fully saturated rings. The number of thiazole rings is 1. The molecule has 1 aromatic rings. The molecule has 1 N–H and O–H groups in total. The minimum absolute atomic E-state index is 0.206.